The molecular formula is C12H17NO. The molecule has 0 saturated heterocycles. The normalized spacial score (nSPS) is 54.4. The van der Waals surface area contributed by atoms with E-state index in [9.17, 15) is 4.79 Å². The average molecular weight is 191 g/mol. The molecule has 0 spiro atoms. The Balaban J connectivity index is 2.00. The smallest absolute Gasteiger partial charge is 0.211 e. The second kappa shape index (κ2) is 2.49. The van der Waals surface area contributed by atoms with Gasteiger partial charge in [0.2, 0.25) is 6.08 Å². The number of rotatable bonds is 1. The van der Waals surface area contributed by atoms with Crippen LogP contribution in [-0.4, -0.2) is 11.6 Å². The van der Waals surface area contributed by atoms with Crippen LogP contribution in [0.3, 0.4) is 0 Å². The second-order valence-electron chi connectivity index (χ2n) is 6.20. The quantitative estimate of drug-likeness (QED) is 0.463. The first kappa shape index (κ1) is 8.67. The topological polar surface area (TPSA) is 29.4 Å². The fourth-order valence-electron chi connectivity index (χ4n) is 4.90. The van der Waals surface area contributed by atoms with Crippen LogP contribution in [0, 0.1) is 17.3 Å². The third-order valence-corrected chi connectivity index (χ3v) is 4.61. The van der Waals surface area contributed by atoms with Crippen LogP contribution < -0.4 is 0 Å². The van der Waals surface area contributed by atoms with Gasteiger partial charge in [0.05, 0.1) is 5.54 Å². The number of hydrogen-bond donors (Lipinski definition) is 0. The van der Waals surface area contributed by atoms with E-state index in [1.165, 1.54) is 19.3 Å². The summed E-state index contributed by atoms with van der Waals surface area (Å²) in [5.41, 5.74) is 0.505. The molecule has 76 valence electrons. The Morgan fingerprint density at radius 3 is 2.36 bits per heavy atom. The Morgan fingerprint density at radius 1 is 1.21 bits per heavy atom. The highest BCUT2D eigenvalue weighted by molar-refractivity contribution is 5.36. The van der Waals surface area contributed by atoms with Gasteiger partial charge in [-0.2, -0.15) is 4.99 Å². The molecule has 0 radical (unpaired) electrons. The van der Waals surface area contributed by atoms with Crippen LogP contribution in [0.2, 0.25) is 0 Å². The second-order valence-corrected chi connectivity index (χ2v) is 6.20. The maximum absolute atomic E-state index is 10.5. The van der Waals surface area contributed by atoms with Gasteiger partial charge in [-0.25, -0.2) is 4.79 Å². The molecule has 0 heterocycles. The Hall–Kier alpha value is -0.620. The standard InChI is InChI=1S/C12H17NO/c1-11-3-9-2-10(4-11)6-12(5-9,7-11)13-8-14/h9-10H,2-7H2,1H3/t9-,10+,11?,12?. The summed E-state index contributed by atoms with van der Waals surface area (Å²) in [7, 11) is 0. The summed E-state index contributed by atoms with van der Waals surface area (Å²) in [4.78, 5) is 14.7. The van der Waals surface area contributed by atoms with E-state index in [2.05, 4.69) is 11.9 Å². The van der Waals surface area contributed by atoms with Crippen LogP contribution in [-0.2, 0) is 4.79 Å². The number of isocyanates is 1. The molecule has 4 bridgehead atoms. The molecule has 2 nitrogen and oxygen atoms in total. The first-order valence-electron chi connectivity index (χ1n) is 5.72. The van der Waals surface area contributed by atoms with Crippen LogP contribution in [0.25, 0.3) is 0 Å². The Morgan fingerprint density at radius 2 is 1.86 bits per heavy atom. The minimum absolute atomic E-state index is 0.0145. The highest BCUT2D eigenvalue weighted by atomic mass is 16.1. The van der Waals surface area contributed by atoms with Crippen molar-refractivity contribution in [3.05, 3.63) is 0 Å². The van der Waals surface area contributed by atoms with E-state index >= 15 is 0 Å². The van der Waals surface area contributed by atoms with Gasteiger partial charge in [0, 0.05) is 0 Å². The third-order valence-electron chi connectivity index (χ3n) is 4.61. The molecule has 4 fully saturated rings. The summed E-state index contributed by atoms with van der Waals surface area (Å²) in [6, 6.07) is 0. The summed E-state index contributed by atoms with van der Waals surface area (Å²) >= 11 is 0. The van der Waals surface area contributed by atoms with Crippen molar-refractivity contribution in [2.45, 2.75) is 51.0 Å². The first-order chi connectivity index (χ1) is 6.63. The van der Waals surface area contributed by atoms with Crippen molar-refractivity contribution in [2.75, 3.05) is 0 Å². The SMILES string of the molecule is CC12C[C@H]3C[C@@H](C1)CC(N=C=O)(C3)C2. The summed E-state index contributed by atoms with van der Waals surface area (Å²) in [6.07, 6.45) is 9.42. The van der Waals surface area contributed by atoms with Gasteiger partial charge < -0.3 is 0 Å². The van der Waals surface area contributed by atoms with Crippen LogP contribution >= 0.6 is 0 Å². The van der Waals surface area contributed by atoms with E-state index in [1.807, 2.05) is 6.08 Å². The van der Waals surface area contributed by atoms with Crippen molar-refractivity contribution in [1.29, 1.82) is 0 Å². The van der Waals surface area contributed by atoms with Gasteiger partial charge in [-0.15, -0.1) is 0 Å². The van der Waals surface area contributed by atoms with E-state index in [-0.39, 0.29) is 5.54 Å². The molecule has 2 heteroatoms. The number of nitrogens with zero attached hydrogens (tertiary/aromatic N) is 1. The van der Waals surface area contributed by atoms with Crippen LogP contribution in [0.5, 0.6) is 0 Å². The molecule has 4 aliphatic rings. The van der Waals surface area contributed by atoms with Crippen molar-refractivity contribution in [1.82, 2.24) is 0 Å². The molecule has 4 saturated carbocycles. The van der Waals surface area contributed by atoms with Crippen molar-refractivity contribution >= 4 is 6.08 Å². The zero-order valence-electron chi connectivity index (χ0n) is 8.75. The van der Waals surface area contributed by atoms with Crippen molar-refractivity contribution < 1.29 is 4.79 Å². The number of carbonyl (C=O) groups excluding carboxylic acids is 1. The number of aliphatic imine (C=N–C) groups is 1. The monoisotopic (exact) mass is 191 g/mol. The fraction of sp³-hybridized carbons (Fsp3) is 0.917. The van der Waals surface area contributed by atoms with Gasteiger partial charge in [-0.3, -0.25) is 0 Å². The van der Waals surface area contributed by atoms with E-state index in [4.69, 9.17) is 0 Å². The maximum Gasteiger partial charge on any atom is 0.235 e. The van der Waals surface area contributed by atoms with Crippen LogP contribution in [0.1, 0.15) is 45.4 Å². The van der Waals surface area contributed by atoms with Gasteiger partial charge >= 0.3 is 0 Å². The highest BCUT2D eigenvalue weighted by Gasteiger charge is 2.56. The average Bonchev–Trinajstić information content (AvgIpc) is 1.97. The molecule has 0 N–H and O–H groups in total. The minimum Gasteiger partial charge on any atom is -0.211 e. The van der Waals surface area contributed by atoms with E-state index in [1.54, 1.807) is 0 Å². The van der Waals surface area contributed by atoms with E-state index in [0.29, 0.717) is 5.41 Å². The molecule has 0 aromatic heterocycles. The predicted octanol–water partition coefficient (Wildman–Crippen LogP) is 2.68. The summed E-state index contributed by atoms with van der Waals surface area (Å²) < 4.78 is 0. The Labute approximate surface area is 84.8 Å². The predicted molar refractivity (Wildman–Crippen MR) is 53.6 cm³/mol. The lowest BCUT2D eigenvalue weighted by atomic mass is 9.47. The van der Waals surface area contributed by atoms with Crippen molar-refractivity contribution in [3.8, 4) is 0 Å². The molecule has 0 aliphatic heterocycles. The largest absolute Gasteiger partial charge is 0.235 e. The lowest BCUT2D eigenvalue weighted by molar-refractivity contribution is -0.0551. The maximum atomic E-state index is 10.5. The summed E-state index contributed by atoms with van der Waals surface area (Å²) in [5.74, 6) is 1.69. The molecule has 4 rings (SSSR count). The van der Waals surface area contributed by atoms with Gasteiger partial charge in [0.15, 0.2) is 0 Å². The van der Waals surface area contributed by atoms with E-state index in [0.717, 1.165) is 31.1 Å². The minimum atomic E-state index is 0.0145. The molecule has 0 amide bonds. The van der Waals surface area contributed by atoms with Gasteiger partial charge in [-0.1, -0.05) is 6.92 Å². The third kappa shape index (κ3) is 1.10. The summed E-state index contributed by atoms with van der Waals surface area (Å²) in [5, 5.41) is 0. The van der Waals surface area contributed by atoms with Gasteiger partial charge in [0.1, 0.15) is 0 Å². The zero-order chi connectivity index (χ0) is 9.81. The fourth-order valence-corrected chi connectivity index (χ4v) is 4.90. The molecule has 0 aromatic rings. The summed E-state index contributed by atoms with van der Waals surface area (Å²) in [6.45, 7) is 2.39. The van der Waals surface area contributed by atoms with Crippen molar-refractivity contribution in [3.63, 3.8) is 0 Å². The van der Waals surface area contributed by atoms with Crippen LogP contribution in [0.15, 0.2) is 4.99 Å². The molecule has 4 aliphatic carbocycles. The van der Waals surface area contributed by atoms with Gasteiger partial charge in [0.25, 0.3) is 0 Å². The van der Waals surface area contributed by atoms with E-state index < -0.39 is 0 Å². The zero-order valence-corrected chi connectivity index (χ0v) is 8.75. The Bertz CT molecular complexity index is 302. The molecular weight excluding hydrogens is 174 g/mol. The Kier molecular flexibility index (Phi) is 1.54. The molecule has 2 unspecified atom stereocenters. The molecule has 14 heavy (non-hydrogen) atoms. The lowest BCUT2D eigenvalue weighted by Crippen LogP contribution is -2.53. The van der Waals surface area contributed by atoms with Crippen molar-refractivity contribution in [2.24, 2.45) is 22.2 Å². The first-order valence-corrected chi connectivity index (χ1v) is 5.72. The molecule has 4 atom stereocenters. The van der Waals surface area contributed by atoms with Crippen LogP contribution in [0.4, 0.5) is 0 Å². The van der Waals surface area contributed by atoms with Gasteiger partial charge in [-0.05, 0) is 55.8 Å². The highest BCUT2D eigenvalue weighted by Crippen LogP contribution is 2.62. The lowest BCUT2D eigenvalue weighted by Gasteiger charge is -2.59. The molecule has 0 aromatic carbocycles. The number of hydrogen-bond acceptors (Lipinski definition) is 2.